The second kappa shape index (κ2) is 7.36. The maximum absolute atomic E-state index is 12.3. The number of nitrogens with zero attached hydrogens (tertiary/aromatic N) is 1. The van der Waals surface area contributed by atoms with Crippen molar-refractivity contribution in [3.8, 4) is 5.75 Å². The molecule has 0 radical (unpaired) electrons. The molecule has 0 spiro atoms. The van der Waals surface area contributed by atoms with E-state index in [0.717, 1.165) is 12.8 Å². The van der Waals surface area contributed by atoms with E-state index in [1.807, 2.05) is 0 Å². The molecule has 1 heterocycles. The molecule has 1 saturated heterocycles. The van der Waals surface area contributed by atoms with Crippen molar-refractivity contribution in [2.24, 2.45) is 5.92 Å². The quantitative estimate of drug-likeness (QED) is 0.905. The number of rotatable bonds is 5. The summed E-state index contributed by atoms with van der Waals surface area (Å²) in [5.41, 5.74) is 0.465. The molecule has 0 aromatic heterocycles. The molecule has 21 heavy (non-hydrogen) atoms. The van der Waals surface area contributed by atoms with Crippen molar-refractivity contribution >= 4 is 5.91 Å². The minimum absolute atomic E-state index is 0.0473. The third kappa shape index (κ3) is 4.39. The zero-order valence-corrected chi connectivity index (χ0v) is 11.7. The van der Waals surface area contributed by atoms with Gasteiger partial charge in [0.1, 0.15) is 5.75 Å². The molecule has 6 heteroatoms. The first-order valence-electron chi connectivity index (χ1n) is 7.01. The lowest BCUT2D eigenvalue weighted by molar-refractivity contribution is -0.132. The molecule has 1 N–H and O–H groups in total. The molecule has 0 saturated carbocycles. The zero-order chi connectivity index (χ0) is 15.2. The van der Waals surface area contributed by atoms with E-state index in [1.54, 1.807) is 23.1 Å². The highest BCUT2D eigenvalue weighted by molar-refractivity contribution is 5.79. The lowest BCUT2D eigenvalue weighted by atomic mass is 9.97. The van der Waals surface area contributed by atoms with E-state index in [0.29, 0.717) is 18.7 Å². The fourth-order valence-corrected chi connectivity index (χ4v) is 2.50. The lowest BCUT2D eigenvalue weighted by Crippen LogP contribution is -2.40. The van der Waals surface area contributed by atoms with E-state index >= 15 is 0 Å². The van der Waals surface area contributed by atoms with Crippen LogP contribution in [0.1, 0.15) is 18.4 Å². The number of carbonyl (C=O) groups is 1. The number of para-hydroxylation sites is 1. The first-order valence-corrected chi connectivity index (χ1v) is 7.01. The molecule has 0 aliphatic carbocycles. The predicted molar refractivity (Wildman–Crippen MR) is 73.2 cm³/mol. The highest BCUT2D eigenvalue weighted by atomic mass is 19.3. The predicted octanol–water partition coefficient (Wildman–Crippen LogP) is 2.06. The van der Waals surface area contributed by atoms with Crippen molar-refractivity contribution in [3.63, 3.8) is 0 Å². The van der Waals surface area contributed by atoms with Gasteiger partial charge in [0, 0.05) is 25.3 Å². The van der Waals surface area contributed by atoms with E-state index in [4.69, 9.17) is 5.11 Å². The van der Waals surface area contributed by atoms with Gasteiger partial charge in [0.15, 0.2) is 0 Å². The smallest absolute Gasteiger partial charge is 0.387 e. The molecule has 1 fully saturated rings. The van der Waals surface area contributed by atoms with E-state index in [1.165, 1.54) is 6.07 Å². The Morgan fingerprint density at radius 3 is 2.62 bits per heavy atom. The maximum atomic E-state index is 12.3. The van der Waals surface area contributed by atoms with Gasteiger partial charge in [-0.2, -0.15) is 8.78 Å². The average molecular weight is 299 g/mol. The highest BCUT2D eigenvalue weighted by Crippen LogP contribution is 2.23. The van der Waals surface area contributed by atoms with Gasteiger partial charge in [0.05, 0.1) is 6.42 Å². The van der Waals surface area contributed by atoms with Crippen molar-refractivity contribution in [1.82, 2.24) is 4.90 Å². The molecule has 1 aliphatic heterocycles. The highest BCUT2D eigenvalue weighted by Gasteiger charge is 2.23. The summed E-state index contributed by atoms with van der Waals surface area (Å²) in [6, 6.07) is 6.35. The third-order valence-corrected chi connectivity index (χ3v) is 3.76. The zero-order valence-electron chi connectivity index (χ0n) is 11.7. The van der Waals surface area contributed by atoms with Crippen molar-refractivity contribution in [3.05, 3.63) is 29.8 Å². The van der Waals surface area contributed by atoms with Gasteiger partial charge in [-0.25, -0.2) is 0 Å². The van der Waals surface area contributed by atoms with Crippen LogP contribution in [0.2, 0.25) is 0 Å². The summed E-state index contributed by atoms with van der Waals surface area (Å²) in [6.45, 7) is -1.56. The number of benzene rings is 1. The molecule has 0 bridgehead atoms. The number of amides is 1. The van der Waals surface area contributed by atoms with Crippen LogP contribution in [0.25, 0.3) is 0 Å². The Morgan fingerprint density at radius 2 is 2.00 bits per heavy atom. The molecule has 1 aromatic carbocycles. The summed E-state index contributed by atoms with van der Waals surface area (Å²) in [5.74, 6) is 0.200. The Labute approximate surface area is 122 Å². The van der Waals surface area contributed by atoms with Crippen molar-refractivity contribution in [2.75, 3.05) is 19.7 Å². The Hall–Kier alpha value is -1.69. The van der Waals surface area contributed by atoms with Gasteiger partial charge in [-0.05, 0) is 24.8 Å². The van der Waals surface area contributed by atoms with Gasteiger partial charge >= 0.3 is 6.61 Å². The number of hydrogen-bond donors (Lipinski definition) is 1. The van der Waals surface area contributed by atoms with E-state index in [9.17, 15) is 13.6 Å². The Kier molecular flexibility index (Phi) is 5.50. The summed E-state index contributed by atoms with van der Waals surface area (Å²) in [4.78, 5) is 13.9. The summed E-state index contributed by atoms with van der Waals surface area (Å²) < 4.78 is 29.1. The summed E-state index contributed by atoms with van der Waals surface area (Å²) in [5, 5.41) is 9.08. The molecular weight excluding hydrogens is 280 g/mol. The third-order valence-electron chi connectivity index (χ3n) is 3.76. The number of carbonyl (C=O) groups excluding carboxylic acids is 1. The number of halogens is 2. The maximum Gasteiger partial charge on any atom is 0.387 e. The number of likely N-dealkylation sites (tertiary alicyclic amines) is 1. The molecule has 1 aromatic rings. The monoisotopic (exact) mass is 299 g/mol. The molecule has 1 aliphatic rings. The second-order valence-corrected chi connectivity index (χ2v) is 5.17. The van der Waals surface area contributed by atoms with Gasteiger partial charge in [-0.3, -0.25) is 4.79 Å². The van der Waals surface area contributed by atoms with Gasteiger partial charge in [0.2, 0.25) is 5.91 Å². The average Bonchev–Trinajstić information content (AvgIpc) is 2.49. The van der Waals surface area contributed by atoms with Crippen LogP contribution in [0.3, 0.4) is 0 Å². The Bertz CT molecular complexity index is 474. The molecule has 0 atom stereocenters. The number of ether oxygens (including phenoxy) is 1. The van der Waals surface area contributed by atoms with Crippen LogP contribution in [-0.2, 0) is 11.2 Å². The molecule has 4 nitrogen and oxygen atoms in total. The van der Waals surface area contributed by atoms with Crippen LogP contribution < -0.4 is 4.74 Å². The number of hydrogen-bond acceptors (Lipinski definition) is 3. The molecule has 2 rings (SSSR count). The summed E-state index contributed by atoms with van der Waals surface area (Å²) in [6.07, 6.45) is 1.60. The summed E-state index contributed by atoms with van der Waals surface area (Å²) >= 11 is 0. The topological polar surface area (TPSA) is 49.8 Å². The van der Waals surface area contributed by atoms with E-state index < -0.39 is 6.61 Å². The summed E-state index contributed by atoms with van der Waals surface area (Å²) in [7, 11) is 0. The van der Waals surface area contributed by atoms with Crippen LogP contribution in [0, 0.1) is 5.92 Å². The van der Waals surface area contributed by atoms with Crippen LogP contribution in [0.4, 0.5) is 8.78 Å². The lowest BCUT2D eigenvalue weighted by Gasteiger charge is -2.31. The SMILES string of the molecule is O=C(Cc1ccccc1OC(F)F)N1CCC(CO)CC1. The number of piperidine rings is 1. The molecule has 0 unspecified atom stereocenters. The van der Waals surface area contributed by atoms with Crippen molar-refractivity contribution in [1.29, 1.82) is 0 Å². The van der Waals surface area contributed by atoms with Gasteiger partial charge in [0.25, 0.3) is 0 Å². The minimum Gasteiger partial charge on any atom is -0.435 e. The first kappa shape index (κ1) is 15.7. The number of aliphatic hydroxyl groups excluding tert-OH is 1. The fourth-order valence-electron chi connectivity index (χ4n) is 2.50. The Balaban J connectivity index is 1.97. The van der Waals surface area contributed by atoms with Crippen LogP contribution in [-0.4, -0.2) is 42.2 Å². The van der Waals surface area contributed by atoms with Gasteiger partial charge in [-0.15, -0.1) is 0 Å². The van der Waals surface area contributed by atoms with Crippen molar-refractivity contribution in [2.45, 2.75) is 25.9 Å². The normalized spacial score (nSPS) is 16.3. The van der Waals surface area contributed by atoms with Gasteiger partial charge < -0.3 is 14.7 Å². The number of aliphatic hydroxyl groups is 1. The fraction of sp³-hybridized carbons (Fsp3) is 0.533. The molecular formula is C15H19F2NO3. The van der Waals surface area contributed by atoms with Crippen LogP contribution in [0.15, 0.2) is 24.3 Å². The van der Waals surface area contributed by atoms with Crippen LogP contribution >= 0.6 is 0 Å². The molecule has 1 amide bonds. The van der Waals surface area contributed by atoms with Crippen LogP contribution in [0.5, 0.6) is 5.75 Å². The molecule has 116 valence electrons. The largest absolute Gasteiger partial charge is 0.435 e. The second-order valence-electron chi connectivity index (χ2n) is 5.17. The van der Waals surface area contributed by atoms with Gasteiger partial charge in [-0.1, -0.05) is 18.2 Å². The van der Waals surface area contributed by atoms with E-state index in [-0.39, 0.29) is 30.6 Å². The van der Waals surface area contributed by atoms with Crippen molar-refractivity contribution < 1.29 is 23.4 Å². The Morgan fingerprint density at radius 1 is 1.33 bits per heavy atom. The van der Waals surface area contributed by atoms with E-state index in [2.05, 4.69) is 4.74 Å². The minimum atomic E-state index is -2.90. The first-order chi connectivity index (χ1) is 10.1. The number of alkyl halides is 2. The standard InChI is InChI=1S/C15H19F2NO3/c16-15(17)21-13-4-2-1-3-12(13)9-14(20)18-7-5-11(10-19)6-8-18/h1-4,11,15,19H,5-10H2.